The zero-order valence-corrected chi connectivity index (χ0v) is 11.8. The third kappa shape index (κ3) is 2.22. The lowest BCUT2D eigenvalue weighted by molar-refractivity contribution is -0.215. The standard InChI is InChI=1S/C16H11ClN2O2/c17-12-8-13(16-14(9-12)18-4-5-19-16)10-1-2-15-11(7-10)3-6-20-21-15/h1-2,4-5,7-9H,3,6H2. The Labute approximate surface area is 126 Å². The first-order valence-corrected chi connectivity index (χ1v) is 7.02. The van der Waals surface area contributed by atoms with Crippen molar-refractivity contribution in [2.24, 2.45) is 0 Å². The van der Waals surface area contributed by atoms with Crippen molar-refractivity contribution in [1.29, 1.82) is 0 Å². The number of nitrogens with zero attached hydrogens (tertiary/aromatic N) is 2. The Morgan fingerprint density at radius 1 is 1.05 bits per heavy atom. The van der Waals surface area contributed by atoms with Gasteiger partial charge in [-0.15, -0.1) is 0 Å². The molecule has 21 heavy (non-hydrogen) atoms. The average molecular weight is 299 g/mol. The Bertz CT molecular complexity index is 836. The van der Waals surface area contributed by atoms with Gasteiger partial charge < -0.3 is 4.89 Å². The maximum atomic E-state index is 6.20. The normalized spacial score (nSPS) is 13.8. The van der Waals surface area contributed by atoms with E-state index in [1.165, 1.54) is 0 Å². The third-order valence-electron chi connectivity index (χ3n) is 3.51. The maximum Gasteiger partial charge on any atom is 0.168 e. The molecule has 5 heteroatoms. The molecule has 0 unspecified atom stereocenters. The number of fused-ring (bicyclic) bond motifs is 2. The molecular formula is C16H11ClN2O2. The second-order valence-corrected chi connectivity index (χ2v) is 5.29. The molecule has 3 aromatic rings. The van der Waals surface area contributed by atoms with Crippen molar-refractivity contribution < 1.29 is 9.78 Å². The van der Waals surface area contributed by atoms with Gasteiger partial charge in [0, 0.05) is 35.0 Å². The summed E-state index contributed by atoms with van der Waals surface area (Å²) in [5.41, 5.74) is 4.77. The van der Waals surface area contributed by atoms with Gasteiger partial charge in [0.25, 0.3) is 0 Å². The van der Waals surface area contributed by atoms with Crippen LogP contribution >= 0.6 is 11.6 Å². The van der Waals surface area contributed by atoms with Crippen LogP contribution in [0.3, 0.4) is 0 Å². The van der Waals surface area contributed by atoms with E-state index in [0.717, 1.165) is 39.9 Å². The Balaban J connectivity index is 1.94. The number of hydrogen-bond donors (Lipinski definition) is 0. The topological polar surface area (TPSA) is 44.2 Å². The summed E-state index contributed by atoms with van der Waals surface area (Å²) in [6.07, 6.45) is 4.18. The molecule has 1 aliphatic heterocycles. The fraction of sp³-hybridized carbons (Fsp3) is 0.125. The van der Waals surface area contributed by atoms with Crippen LogP contribution in [0.1, 0.15) is 5.56 Å². The molecule has 4 rings (SSSR count). The SMILES string of the molecule is Clc1cc(-c2ccc3c(c2)CCOO3)c2nccnc2c1. The van der Waals surface area contributed by atoms with E-state index >= 15 is 0 Å². The first-order valence-electron chi connectivity index (χ1n) is 6.64. The van der Waals surface area contributed by atoms with Crippen molar-refractivity contribution in [3.05, 3.63) is 53.3 Å². The zero-order valence-electron chi connectivity index (χ0n) is 11.0. The number of rotatable bonds is 1. The van der Waals surface area contributed by atoms with Gasteiger partial charge in [-0.3, -0.25) is 9.97 Å². The molecule has 0 radical (unpaired) electrons. The molecular weight excluding hydrogens is 288 g/mol. The summed E-state index contributed by atoms with van der Waals surface area (Å²) in [4.78, 5) is 18.9. The Kier molecular flexibility index (Phi) is 2.98. The summed E-state index contributed by atoms with van der Waals surface area (Å²) in [5.74, 6) is 0.766. The van der Waals surface area contributed by atoms with Crippen molar-refractivity contribution in [3.63, 3.8) is 0 Å². The largest absolute Gasteiger partial charge is 0.337 e. The number of aromatic nitrogens is 2. The molecule has 1 aliphatic rings. The van der Waals surface area contributed by atoms with Gasteiger partial charge in [0.2, 0.25) is 0 Å². The molecule has 104 valence electrons. The van der Waals surface area contributed by atoms with E-state index in [1.807, 2.05) is 24.3 Å². The fourth-order valence-corrected chi connectivity index (χ4v) is 2.75. The van der Waals surface area contributed by atoms with Crippen molar-refractivity contribution in [2.45, 2.75) is 6.42 Å². The Hall–Kier alpha value is -2.17. The number of benzene rings is 2. The highest BCUT2D eigenvalue weighted by atomic mass is 35.5. The molecule has 0 aliphatic carbocycles. The van der Waals surface area contributed by atoms with E-state index in [-0.39, 0.29) is 0 Å². The lowest BCUT2D eigenvalue weighted by atomic mass is 9.99. The average Bonchev–Trinajstić information content (AvgIpc) is 2.53. The van der Waals surface area contributed by atoms with E-state index in [2.05, 4.69) is 16.0 Å². The van der Waals surface area contributed by atoms with Crippen LogP contribution in [0.5, 0.6) is 5.75 Å². The molecule has 0 saturated carbocycles. The van der Waals surface area contributed by atoms with Crippen molar-refractivity contribution >= 4 is 22.6 Å². The first kappa shape index (κ1) is 12.6. The highest BCUT2D eigenvalue weighted by Gasteiger charge is 2.14. The predicted molar refractivity (Wildman–Crippen MR) is 80.3 cm³/mol. The summed E-state index contributed by atoms with van der Waals surface area (Å²) in [7, 11) is 0. The number of hydrogen-bond acceptors (Lipinski definition) is 4. The summed E-state index contributed by atoms with van der Waals surface area (Å²) in [6, 6.07) is 9.72. The first-order chi connectivity index (χ1) is 10.3. The van der Waals surface area contributed by atoms with E-state index < -0.39 is 0 Å². The predicted octanol–water partition coefficient (Wildman–Crippen LogP) is 3.82. The molecule has 1 aromatic heterocycles. The summed E-state index contributed by atoms with van der Waals surface area (Å²) >= 11 is 6.20. The third-order valence-corrected chi connectivity index (χ3v) is 3.73. The minimum atomic E-state index is 0.562. The molecule has 2 heterocycles. The zero-order chi connectivity index (χ0) is 14.2. The van der Waals surface area contributed by atoms with Gasteiger partial charge in [0.1, 0.15) is 0 Å². The summed E-state index contributed by atoms with van der Waals surface area (Å²) in [5, 5.41) is 0.648. The molecule has 0 spiro atoms. The van der Waals surface area contributed by atoms with Crippen molar-refractivity contribution in [3.8, 4) is 16.9 Å². The van der Waals surface area contributed by atoms with Crippen LogP contribution in [0.4, 0.5) is 0 Å². The monoisotopic (exact) mass is 298 g/mol. The van der Waals surface area contributed by atoms with Gasteiger partial charge in [-0.1, -0.05) is 17.7 Å². The van der Waals surface area contributed by atoms with Crippen LogP contribution in [-0.4, -0.2) is 16.6 Å². The molecule has 0 bridgehead atoms. The lowest BCUT2D eigenvalue weighted by Gasteiger charge is -2.16. The second kappa shape index (κ2) is 4.98. The highest BCUT2D eigenvalue weighted by Crippen LogP contribution is 2.33. The molecule has 0 atom stereocenters. The Morgan fingerprint density at radius 2 is 1.95 bits per heavy atom. The van der Waals surface area contributed by atoms with Crippen LogP contribution in [0, 0.1) is 0 Å². The fourth-order valence-electron chi connectivity index (χ4n) is 2.54. The van der Waals surface area contributed by atoms with Gasteiger partial charge in [0.05, 0.1) is 17.6 Å². The van der Waals surface area contributed by atoms with Crippen LogP contribution < -0.4 is 4.89 Å². The lowest BCUT2D eigenvalue weighted by Crippen LogP contribution is -2.10. The summed E-state index contributed by atoms with van der Waals surface area (Å²) < 4.78 is 0. The minimum absolute atomic E-state index is 0.562. The van der Waals surface area contributed by atoms with Gasteiger partial charge in [-0.05, 0) is 29.8 Å². The van der Waals surface area contributed by atoms with Gasteiger partial charge in [0.15, 0.2) is 5.75 Å². The molecule has 0 N–H and O–H groups in total. The highest BCUT2D eigenvalue weighted by molar-refractivity contribution is 6.31. The van der Waals surface area contributed by atoms with Crippen LogP contribution in [0.25, 0.3) is 22.2 Å². The summed E-state index contributed by atoms with van der Waals surface area (Å²) in [6.45, 7) is 0.562. The van der Waals surface area contributed by atoms with Crippen LogP contribution in [0.2, 0.25) is 5.02 Å². The minimum Gasteiger partial charge on any atom is -0.337 e. The van der Waals surface area contributed by atoms with Crippen LogP contribution in [0.15, 0.2) is 42.7 Å². The molecule has 4 nitrogen and oxygen atoms in total. The molecule has 0 amide bonds. The molecule has 2 aromatic carbocycles. The van der Waals surface area contributed by atoms with E-state index in [0.29, 0.717) is 11.6 Å². The van der Waals surface area contributed by atoms with Gasteiger partial charge in [-0.25, -0.2) is 0 Å². The van der Waals surface area contributed by atoms with E-state index in [9.17, 15) is 0 Å². The maximum absolute atomic E-state index is 6.20. The van der Waals surface area contributed by atoms with Crippen molar-refractivity contribution in [1.82, 2.24) is 9.97 Å². The quantitative estimate of drug-likeness (QED) is 0.641. The number of halogens is 1. The van der Waals surface area contributed by atoms with E-state index in [1.54, 1.807) is 12.4 Å². The van der Waals surface area contributed by atoms with Crippen molar-refractivity contribution in [2.75, 3.05) is 6.61 Å². The molecule has 0 saturated heterocycles. The Morgan fingerprint density at radius 3 is 2.90 bits per heavy atom. The van der Waals surface area contributed by atoms with Gasteiger partial charge in [-0.2, -0.15) is 4.89 Å². The molecule has 0 fully saturated rings. The van der Waals surface area contributed by atoms with E-state index in [4.69, 9.17) is 21.4 Å². The van der Waals surface area contributed by atoms with Crippen LogP contribution in [-0.2, 0) is 11.3 Å². The second-order valence-electron chi connectivity index (χ2n) is 4.86. The van der Waals surface area contributed by atoms with Gasteiger partial charge >= 0.3 is 0 Å². The smallest absolute Gasteiger partial charge is 0.168 e.